The Hall–Kier alpha value is -1.04. The number of fused-ring (bicyclic) bond motifs is 2. The molecular weight excluding hydrogens is 398 g/mol. The fourth-order valence-electron chi connectivity index (χ4n) is 4.53. The predicted molar refractivity (Wildman–Crippen MR) is 124 cm³/mol. The van der Waals surface area contributed by atoms with Gasteiger partial charge >= 0.3 is 0 Å². The molecule has 0 bridgehead atoms. The largest absolute Gasteiger partial charge is 0.303 e. The number of hydrogen-bond donors (Lipinski definition) is 0. The van der Waals surface area contributed by atoms with Crippen LogP contribution in [0.15, 0.2) is 52.3 Å². The third kappa shape index (κ3) is 5.00. The molecule has 3 nitrogen and oxygen atoms in total. The van der Waals surface area contributed by atoms with E-state index in [0.29, 0.717) is 6.04 Å². The van der Waals surface area contributed by atoms with E-state index in [1.165, 1.54) is 34.0 Å². The van der Waals surface area contributed by atoms with Crippen LogP contribution in [0.5, 0.6) is 0 Å². The average molecular weight is 430 g/mol. The molecular formula is C24H32ClN3S. The van der Waals surface area contributed by atoms with Gasteiger partial charge in [-0.25, -0.2) is 0 Å². The molecule has 156 valence electrons. The van der Waals surface area contributed by atoms with Crippen molar-refractivity contribution in [3.05, 3.63) is 58.6 Å². The van der Waals surface area contributed by atoms with Crippen molar-refractivity contribution >= 4 is 23.4 Å². The number of nitrogens with zero attached hydrogens (tertiary/aromatic N) is 3. The number of rotatable bonds is 6. The summed E-state index contributed by atoms with van der Waals surface area (Å²) in [5.74, 6) is 0. The van der Waals surface area contributed by atoms with Crippen molar-refractivity contribution in [2.75, 3.05) is 52.4 Å². The van der Waals surface area contributed by atoms with Gasteiger partial charge in [-0.15, -0.1) is 0 Å². The van der Waals surface area contributed by atoms with Crippen molar-refractivity contribution in [1.82, 2.24) is 14.7 Å². The lowest BCUT2D eigenvalue weighted by atomic mass is 9.96. The highest BCUT2D eigenvalue weighted by atomic mass is 35.5. The van der Waals surface area contributed by atoms with Gasteiger partial charge in [-0.05, 0) is 54.9 Å². The van der Waals surface area contributed by atoms with Crippen molar-refractivity contribution in [3.63, 3.8) is 0 Å². The molecule has 5 heteroatoms. The summed E-state index contributed by atoms with van der Waals surface area (Å²) in [5.41, 5.74) is 2.86. The number of piperazine rings is 1. The van der Waals surface area contributed by atoms with E-state index < -0.39 is 0 Å². The van der Waals surface area contributed by atoms with Gasteiger partial charge < -0.3 is 4.90 Å². The third-order valence-electron chi connectivity index (χ3n) is 6.41. The molecule has 0 amide bonds. The van der Waals surface area contributed by atoms with Crippen molar-refractivity contribution in [1.29, 1.82) is 0 Å². The van der Waals surface area contributed by atoms with Gasteiger partial charge in [0.25, 0.3) is 0 Å². The summed E-state index contributed by atoms with van der Waals surface area (Å²) < 4.78 is 0. The normalized spacial score (nSPS) is 20.3. The minimum absolute atomic E-state index is 0.407. The first-order valence-corrected chi connectivity index (χ1v) is 12.1. The lowest BCUT2D eigenvalue weighted by molar-refractivity contribution is 0.0873. The summed E-state index contributed by atoms with van der Waals surface area (Å²) in [6.07, 6.45) is 1.07. The Kier molecular flexibility index (Phi) is 7.20. The molecule has 0 aliphatic carbocycles. The van der Waals surface area contributed by atoms with Gasteiger partial charge in [0.05, 0.1) is 0 Å². The van der Waals surface area contributed by atoms with Crippen LogP contribution < -0.4 is 0 Å². The second-order valence-electron chi connectivity index (χ2n) is 8.02. The van der Waals surface area contributed by atoms with E-state index in [0.717, 1.165) is 50.7 Å². The Bertz CT molecular complexity index is 816. The van der Waals surface area contributed by atoms with Crippen LogP contribution in [0, 0.1) is 0 Å². The maximum atomic E-state index is 6.43. The van der Waals surface area contributed by atoms with Crippen LogP contribution in [0.4, 0.5) is 0 Å². The minimum Gasteiger partial charge on any atom is -0.303 e. The van der Waals surface area contributed by atoms with Crippen LogP contribution in [-0.4, -0.2) is 67.1 Å². The maximum absolute atomic E-state index is 6.43. The van der Waals surface area contributed by atoms with Crippen LogP contribution in [0.3, 0.4) is 0 Å². The molecule has 0 N–H and O–H groups in total. The summed E-state index contributed by atoms with van der Waals surface area (Å²) >= 11 is 8.32. The monoisotopic (exact) mass is 429 g/mol. The number of likely N-dealkylation sites (N-methyl/N-ethyl adjacent to an activating group) is 1. The molecule has 2 aliphatic rings. The van der Waals surface area contributed by atoms with E-state index in [9.17, 15) is 0 Å². The van der Waals surface area contributed by atoms with Crippen molar-refractivity contribution in [2.24, 2.45) is 0 Å². The van der Waals surface area contributed by atoms with E-state index in [-0.39, 0.29) is 0 Å². The standard InChI is InChI=1S/C24H32ClN3S/c1-3-26(4-2)11-12-27-13-15-28(16-14-27)22-17-19-7-5-6-8-23(19)29-24-10-9-20(25)18-21(22)24/h5-10,18,22H,3-4,11-17H2,1-2H3. The molecule has 4 rings (SSSR count). The summed E-state index contributed by atoms with van der Waals surface area (Å²) in [6.45, 7) is 13.7. The highest BCUT2D eigenvalue weighted by Crippen LogP contribution is 2.43. The summed E-state index contributed by atoms with van der Waals surface area (Å²) in [6, 6.07) is 15.7. The molecule has 2 heterocycles. The Morgan fingerprint density at radius 1 is 1.00 bits per heavy atom. The Labute approximate surface area is 185 Å². The predicted octanol–water partition coefficient (Wildman–Crippen LogP) is 5.05. The lowest BCUT2D eigenvalue weighted by Gasteiger charge is -2.40. The highest BCUT2D eigenvalue weighted by molar-refractivity contribution is 7.99. The lowest BCUT2D eigenvalue weighted by Crippen LogP contribution is -2.49. The zero-order chi connectivity index (χ0) is 20.2. The molecule has 1 saturated heterocycles. The van der Waals surface area contributed by atoms with Crippen LogP contribution in [-0.2, 0) is 6.42 Å². The first-order chi connectivity index (χ1) is 14.2. The van der Waals surface area contributed by atoms with E-state index in [4.69, 9.17) is 11.6 Å². The zero-order valence-corrected chi connectivity index (χ0v) is 19.2. The van der Waals surface area contributed by atoms with Gasteiger partial charge in [0.1, 0.15) is 0 Å². The second kappa shape index (κ2) is 9.84. The third-order valence-corrected chi connectivity index (χ3v) is 7.86. The molecule has 0 radical (unpaired) electrons. The molecule has 2 aliphatic heterocycles. The maximum Gasteiger partial charge on any atom is 0.0410 e. The molecule has 1 fully saturated rings. The van der Waals surface area contributed by atoms with Gasteiger partial charge in [0, 0.05) is 60.1 Å². The topological polar surface area (TPSA) is 9.72 Å². The second-order valence-corrected chi connectivity index (χ2v) is 9.54. The summed E-state index contributed by atoms with van der Waals surface area (Å²) in [7, 11) is 0. The van der Waals surface area contributed by atoms with E-state index in [1.54, 1.807) is 0 Å². The first-order valence-electron chi connectivity index (χ1n) is 10.9. The molecule has 0 saturated carbocycles. The van der Waals surface area contributed by atoms with Crippen molar-refractivity contribution in [2.45, 2.75) is 36.1 Å². The van der Waals surface area contributed by atoms with Gasteiger partial charge in [-0.3, -0.25) is 9.80 Å². The van der Waals surface area contributed by atoms with Crippen LogP contribution in [0.2, 0.25) is 5.02 Å². The Morgan fingerprint density at radius 2 is 1.76 bits per heavy atom. The number of halogens is 1. The summed E-state index contributed by atoms with van der Waals surface area (Å²) in [4.78, 5) is 10.6. The summed E-state index contributed by atoms with van der Waals surface area (Å²) in [5, 5.41) is 0.846. The molecule has 2 aromatic carbocycles. The molecule has 1 atom stereocenters. The van der Waals surface area contributed by atoms with E-state index in [2.05, 4.69) is 64.9 Å². The van der Waals surface area contributed by atoms with E-state index >= 15 is 0 Å². The quantitative estimate of drug-likeness (QED) is 0.635. The number of benzene rings is 2. The van der Waals surface area contributed by atoms with Gasteiger partial charge in [0.2, 0.25) is 0 Å². The zero-order valence-electron chi connectivity index (χ0n) is 17.6. The highest BCUT2D eigenvalue weighted by Gasteiger charge is 2.30. The Morgan fingerprint density at radius 3 is 2.52 bits per heavy atom. The average Bonchev–Trinajstić information content (AvgIpc) is 2.91. The molecule has 2 aromatic rings. The number of hydrogen-bond acceptors (Lipinski definition) is 4. The fourth-order valence-corrected chi connectivity index (χ4v) is 5.82. The van der Waals surface area contributed by atoms with Crippen LogP contribution in [0.1, 0.15) is 31.0 Å². The smallest absolute Gasteiger partial charge is 0.0410 e. The van der Waals surface area contributed by atoms with Gasteiger partial charge in [0.15, 0.2) is 0 Å². The molecule has 0 spiro atoms. The molecule has 1 unspecified atom stereocenters. The van der Waals surface area contributed by atoms with E-state index in [1.807, 2.05) is 17.8 Å². The first kappa shape index (κ1) is 21.2. The fraction of sp³-hybridized carbons (Fsp3) is 0.500. The Balaban J connectivity index is 1.49. The van der Waals surface area contributed by atoms with Crippen LogP contribution >= 0.6 is 23.4 Å². The molecule has 29 heavy (non-hydrogen) atoms. The van der Waals surface area contributed by atoms with Crippen molar-refractivity contribution < 1.29 is 0 Å². The SMILES string of the molecule is CCN(CC)CCN1CCN(C2Cc3ccccc3Sc3ccc(Cl)cc32)CC1. The van der Waals surface area contributed by atoms with Crippen LogP contribution in [0.25, 0.3) is 0 Å². The van der Waals surface area contributed by atoms with Gasteiger partial charge in [-0.2, -0.15) is 0 Å². The van der Waals surface area contributed by atoms with Crippen molar-refractivity contribution in [3.8, 4) is 0 Å². The molecule has 0 aromatic heterocycles. The minimum atomic E-state index is 0.407. The van der Waals surface area contributed by atoms with Gasteiger partial charge in [-0.1, -0.05) is 55.4 Å².